The molecule has 0 heterocycles. The number of nitrogens with one attached hydrogen (secondary N) is 1. The SMILES string of the molecule is CCNCCCc1ccc(F)cc1. The van der Waals surface area contributed by atoms with Gasteiger partial charge in [0.15, 0.2) is 0 Å². The minimum atomic E-state index is -0.157. The maximum absolute atomic E-state index is 12.5. The second-order valence-electron chi connectivity index (χ2n) is 3.08. The van der Waals surface area contributed by atoms with E-state index in [1.807, 2.05) is 12.1 Å². The molecule has 0 saturated carbocycles. The lowest BCUT2D eigenvalue weighted by Gasteiger charge is -2.01. The van der Waals surface area contributed by atoms with Crippen molar-refractivity contribution in [2.75, 3.05) is 13.1 Å². The lowest BCUT2D eigenvalue weighted by atomic mass is 10.1. The first-order valence-electron chi connectivity index (χ1n) is 4.78. The molecule has 0 bridgehead atoms. The van der Waals surface area contributed by atoms with Crippen molar-refractivity contribution in [1.82, 2.24) is 5.32 Å². The predicted octanol–water partition coefficient (Wildman–Crippen LogP) is 2.37. The van der Waals surface area contributed by atoms with Crippen LogP contribution in [0.4, 0.5) is 4.39 Å². The van der Waals surface area contributed by atoms with Gasteiger partial charge in [0.05, 0.1) is 0 Å². The average molecular weight is 181 g/mol. The third-order valence-corrected chi connectivity index (χ3v) is 1.98. The van der Waals surface area contributed by atoms with Crippen molar-refractivity contribution in [3.8, 4) is 0 Å². The van der Waals surface area contributed by atoms with Gasteiger partial charge in [-0.3, -0.25) is 0 Å². The summed E-state index contributed by atoms with van der Waals surface area (Å²) in [5, 5.41) is 3.26. The van der Waals surface area contributed by atoms with Crippen LogP contribution in [0.1, 0.15) is 18.9 Å². The van der Waals surface area contributed by atoms with Gasteiger partial charge in [-0.15, -0.1) is 0 Å². The first kappa shape index (κ1) is 10.2. The Hall–Kier alpha value is -0.890. The molecule has 0 unspecified atom stereocenters. The standard InChI is InChI=1S/C11H16FN/c1-2-13-9-3-4-10-5-7-11(12)8-6-10/h5-8,13H,2-4,9H2,1H3. The molecule has 2 heteroatoms. The number of rotatable bonds is 5. The van der Waals surface area contributed by atoms with Crippen LogP contribution in [0, 0.1) is 5.82 Å². The molecule has 0 atom stereocenters. The van der Waals surface area contributed by atoms with Crippen molar-refractivity contribution < 1.29 is 4.39 Å². The van der Waals surface area contributed by atoms with E-state index in [1.54, 1.807) is 0 Å². The highest BCUT2D eigenvalue weighted by Crippen LogP contribution is 2.04. The third-order valence-electron chi connectivity index (χ3n) is 1.98. The Labute approximate surface area is 79.0 Å². The first-order chi connectivity index (χ1) is 6.33. The van der Waals surface area contributed by atoms with Crippen LogP contribution in [0.5, 0.6) is 0 Å². The zero-order valence-corrected chi connectivity index (χ0v) is 8.02. The highest BCUT2D eigenvalue weighted by Gasteiger charge is 1.93. The number of hydrogen-bond acceptors (Lipinski definition) is 1. The van der Waals surface area contributed by atoms with Gasteiger partial charge in [0.25, 0.3) is 0 Å². The topological polar surface area (TPSA) is 12.0 Å². The molecule has 13 heavy (non-hydrogen) atoms. The van der Waals surface area contributed by atoms with Crippen LogP contribution in [0.3, 0.4) is 0 Å². The largest absolute Gasteiger partial charge is 0.317 e. The van der Waals surface area contributed by atoms with E-state index in [0.29, 0.717) is 0 Å². The molecule has 0 aliphatic heterocycles. The van der Waals surface area contributed by atoms with E-state index in [0.717, 1.165) is 25.9 Å². The van der Waals surface area contributed by atoms with Crippen molar-refractivity contribution in [3.05, 3.63) is 35.6 Å². The number of aryl methyl sites for hydroxylation is 1. The van der Waals surface area contributed by atoms with Gasteiger partial charge in [-0.05, 0) is 43.6 Å². The number of hydrogen-bond donors (Lipinski definition) is 1. The van der Waals surface area contributed by atoms with Gasteiger partial charge in [0, 0.05) is 0 Å². The van der Waals surface area contributed by atoms with E-state index < -0.39 is 0 Å². The van der Waals surface area contributed by atoms with Crippen molar-refractivity contribution in [1.29, 1.82) is 0 Å². The summed E-state index contributed by atoms with van der Waals surface area (Å²) in [5.74, 6) is -0.157. The molecule has 0 spiro atoms. The molecule has 0 amide bonds. The van der Waals surface area contributed by atoms with Crippen LogP contribution in [-0.4, -0.2) is 13.1 Å². The maximum atomic E-state index is 12.5. The van der Waals surface area contributed by atoms with Crippen LogP contribution in [0.2, 0.25) is 0 Å². The van der Waals surface area contributed by atoms with E-state index in [-0.39, 0.29) is 5.82 Å². The van der Waals surface area contributed by atoms with E-state index in [9.17, 15) is 4.39 Å². The summed E-state index contributed by atoms with van der Waals surface area (Å²) < 4.78 is 12.5. The lowest BCUT2D eigenvalue weighted by molar-refractivity contribution is 0.625. The molecule has 0 radical (unpaired) electrons. The molecule has 0 aliphatic carbocycles. The number of benzene rings is 1. The second-order valence-corrected chi connectivity index (χ2v) is 3.08. The van der Waals surface area contributed by atoms with Crippen LogP contribution >= 0.6 is 0 Å². The van der Waals surface area contributed by atoms with Gasteiger partial charge in [0.1, 0.15) is 5.82 Å². The normalized spacial score (nSPS) is 10.3. The van der Waals surface area contributed by atoms with E-state index >= 15 is 0 Å². The molecule has 1 N–H and O–H groups in total. The van der Waals surface area contributed by atoms with Gasteiger partial charge in [0.2, 0.25) is 0 Å². The van der Waals surface area contributed by atoms with Crippen LogP contribution < -0.4 is 5.32 Å². The Morgan fingerprint density at radius 3 is 2.54 bits per heavy atom. The summed E-state index contributed by atoms with van der Waals surface area (Å²) in [4.78, 5) is 0. The summed E-state index contributed by atoms with van der Waals surface area (Å²) in [7, 11) is 0. The smallest absolute Gasteiger partial charge is 0.123 e. The highest BCUT2D eigenvalue weighted by molar-refractivity contribution is 5.15. The Morgan fingerprint density at radius 1 is 1.23 bits per heavy atom. The molecule has 1 aromatic rings. The van der Waals surface area contributed by atoms with Gasteiger partial charge in [-0.1, -0.05) is 19.1 Å². The fraction of sp³-hybridized carbons (Fsp3) is 0.455. The summed E-state index contributed by atoms with van der Waals surface area (Å²) in [5.41, 5.74) is 1.21. The molecule has 1 rings (SSSR count). The quantitative estimate of drug-likeness (QED) is 0.688. The minimum absolute atomic E-state index is 0.157. The Bertz CT molecular complexity index is 230. The fourth-order valence-corrected chi connectivity index (χ4v) is 1.25. The minimum Gasteiger partial charge on any atom is -0.317 e. The predicted molar refractivity (Wildman–Crippen MR) is 53.3 cm³/mol. The van der Waals surface area contributed by atoms with Crippen LogP contribution in [0.15, 0.2) is 24.3 Å². The lowest BCUT2D eigenvalue weighted by Crippen LogP contribution is -2.14. The Morgan fingerprint density at radius 2 is 1.92 bits per heavy atom. The Balaban J connectivity index is 2.25. The first-order valence-corrected chi connectivity index (χ1v) is 4.78. The van der Waals surface area contributed by atoms with Crippen LogP contribution in [-0.2, 0) is 6.42 Å². The molecule has 1 nitrogen and oxygen atoms in total. The third kappa shape index (κ3) is 4.04. The Kier molecular flexibility index (Phi) is 4.47. The second kappa shape index (κ2) is 5.70. The molecule has 0 aliphatic rings. The van der Waals surface area contributed by atoms with Gasteiger partial charge < -0.3 is 5.32 Å². The van der Waals surface area contributed by atoms with Gasteiger partial charge >= 0.3 is 0 Å². The van der Waals surface area contributed by atoms with E-state index in [1.165, 1.54) is 17.7 Å². The van der Waals surface area contributed by atoms with Gasteiger partial charge in [-0.2, -0.15) is 0 Å². The van der Waals surface area contributed by atoms with Crippen molar-refractivity contribution in [3.63, 3.8) is 0 Å². The summed E-state index contributed by atoms with van der Waals surface area (Å²) >= 11 is 0. The fourth-order valence-electron chi connectivity index (χ4n) is 1.25. The van der Waals surface area contributed by atoms with Crippen molar-refractivity contribution in [2.45, 2.75) is 19.8 Å². The van der Waals surface area contributed by atoms with Gasteiger partial charge in [-0.25, -0.2) is 4.39 Å². The summed E-state index contributed by atoms with van der Waals surface area (Å²) in [6.45, 7) is 4.15. The molecular weight excluding hydrogens is 165 g/mol. The van der Waals surface area contributed by atoms with E-state index in [4.69, 9.17) is 0 Å². The summed E-state index contributed by atoms with van der Waals surface area (Å²) in [6, 6.07) is 6.73. The molecule has 1 aromatic carbocycles. The molecule has 0 aromatic heterocycles. The molecule has 72 valence electrons. The van der Waals surface area contributed by atoms with Crippen LogP contribution in [0.25, 0.3) is 0 Å². The zero-order chi connectivity index (χ0) is 9.52. The monoisotopic (exact) mass is 181 g/mol. The van der Waals surface area contributed by atoms with Crippen molar-refractivity contribution in [2.24, 2.45) is 0 Å². The van der Waals surface area contributed by atoms with E-state index in [2.05, 4.69) is 12.2 Å². The average Bonchev–Trinajstić information content (AvgIpc) is 2.15. The maximum Gasteiger partial charge on any atom is 0.123 e. The molecule has 0 saturated heterocycles. The highest BCUT2D eigenvalue weighted by atomic mass is 19.1. The molecule has 0 fully saturated rings. The van der Waals surface area contributed by atoms with Crippen molar-refractivity contribution >= 4 is 0 Å². The number of halogens is 1. The molecular formula is C11H16FN. The zero-order valence-electron chi connectivity index (χ0n) is 8.02. The summed E-state index contributed by atoms with van der Waals surface area (Å²) in [6.07, 6.45) is 2.13.